The van der Waals surface area contributed by atoms with Gasteiger partial charge in [-0.15, -0.1) is 0 Å². The third kappa shape index (κ3) is 4.11. The van der Waals surface area contributed by atoms with Gasteiger partial charge in [-0.2, -0.15) is 0 Å². The summed E-state index contributed by atoms with van der Waals surface area (Å²) >= 11 is 0. The Balaban J connectivity index is 1.98. The van der Waals surface area contributed by atoms with Crippen molar-refractivity contribution >= 4 is 5.69 Å². The number of anilines is 1. The van der Waals surface area contributed by atoms with Gasteiger partial charge in [0.25, 0.3) is 0 Å². The molecule has 0 aliphatic heterocycles. The number of nitrogens with two attached hydrogens (primary N) is 1. The van der Waals surface area contributed by atoms with E-state index in [2.05, 4.69) is 48.6 Å². The molecule has 0 saturated heterocycles. The minimum absolute atomic E-state index is 0.0722. The van der Waals surface area contributed by atoms with Crippen LogP contribution in [-0.2, 0) is 6.42 Å². The molecule has 2 rings (SSSR count). The Morgan fingerprint density at radius 1 is 0.947 bits per heavy atom. The second-order valence-electron chi connectivity index (χ2n) is 5.24. The highest BCUT2D eigenvalue weighted by atomic mass is 15.0. The van der Waals surface area contributed by atoms with Gasteiger partial charge in [-0.25, -0.2) is 0 Å². The van der Waals surface area contributed by atoms with Crippen LogP contribution in [0.4, 0.5) is 5.69 Å². The van der Waals surface area contributed by atoms with Crippen LogP contribution in [0.25, 0.3) is 0 Å². The number of hydrogen-bond donors (Lipinski definition) is 2. The zero-order valence-corrected chi connectivity index (χ0v) is 11.5. The fourth-order valence-corrected chi connectivity index (χ4v) is 2.15. The number of rotatable bonds is 6. The highest BCUT2D eigenvalue weighted by Gasteiger charge is 2.21. The molecule has 2 heteroatoms. The van der Waals surface area contributed by atoms with Crippen LogP contribution in [-0.4, -0.2) is 12.1 Å². The van der Waals surface area contributed by atoms with Crippen molar-refractivity contribution in [1.29, 1.82) is 0 Å². The first-order valence-electron chi connectivity index (χ1n) is 6.79. The number of benzene rings is 2. The average Bonchev–Trinajstić information content (AvgIpc) is 2.47. The molecule has 2 nitrogen and oxygen atoms in total. The number of hydrogen-bond acceptors (Lipinski definition) is 2. The summed E-state index contributed by atoms with van der Waals surface area (Å²) < 4.78 is 0. The van der Waals surface area contributed by atoms with E-state index >= 15 is 0 Å². The van der Waals surface area contributed by atoms with Crippen molar-refractivity contribution in [3.05, 3.63) is 66.2 Å². The molecule has 2 aromatic carbocycles. The quantitative estimate of drug-likeness (QED) is 0.828. The molecule has 2 aromatic rings. The molecule has 0 aliphatic rings. The molecule has 1 unspecified atom stereocenters. The predicted octanol–water partition coefficient (Wildman–Crippen LogP) is 3.45. The second kappa shape index (κ2) is 6.39. The minimum atomic E-state index is -0.0722. The van der Waals surface area contributed by atoms with Crippen LogP contribution in [0.1, 0.15) is 18.9 Å². The van der Waals surface area contributed by atoms with Crippen LogP contribution in [0.15, 0.2) is 60.7 Å². The summed E-state index contributed by atoms with van der Waals surface area (Å²) in [7, 11) is 0. The molecule has 3 N–H and O–H groups in total. The Morgan fingerprint density at radius 3 is 2.11 bits per heavy atom. The highest BCUT2D eigenvalue weighted by molar-refractivity contribution is 5.45. The van der Waals surface area contributed by atoms with Gasteiger partial charge in [0, 0.05) is 17.8 Å². The van der Waals surface area contributed by atoms with Gasteiger partial charge in [-0.3, -0.25) is 0 Å². The van der Waals surface area contributed by atoms with E-state index in [1.54, 1.807) is 0 Å². The lowest BCUT2D eigenvalue weighted by Crippen LogP contribution is -2.42. The fourth-order valence-electron chi connectivity index (χ4n) is 2.15. The third-order valence-electron chi connectivity index (χ3n) is 3.48. The van der Waals surface area contributed by atoms with E-state index in [1.165, 1.54) is 5.56 Å². The van der Waals surface area contributed by atoms with Crippen molar-refractivity contribution in [1.82, 2.24) is 0 Å². The number of aryl methyl sites for hydroxylation is 1. The van der Waals surface area contributed by atoms with E-state index in [0.717, 1.165) is 18.5 Å². The van der Waals surface area contributed by atoms with Crippen LogP contribution >= 0.6 is 0 Å². The van der Waals surface area contributed by atoms with Gasteiger partial charge in [0.15, 0.2) is 0 Å². The summed E-state index contributed by atoms with van der Waals surface area (Å²) in [5.74, 6) is 0. The van der Waals surface area contributed by atoms with Crippen LogP contribution in [0.5, 0.6) is 0 Å². The highest BCUT2D eigenvalue weighted by Crippen LogP contribution is 2.19. The van der Waals surface area contributed by atoms with E-state index < -0.39 is 0 Å². The first-order chi connectivity index (χ1) is 9.22. The summed E-state index contributed by atoms with van der Waals surface area (Å²) in [5, 5.41) is 3.55. The third-order valence-corrected chi connectivity index (χ3v) is 3.48. The molecule has 0 saturated carbocycles. The summed E-state index contributed by atoms with van der Waals surface area (Å²) in [5.41, 5.74) is 8.37. The zero-order valence-electron chi connectivity index (χ0n) is 11.5. The summed E-state index contributed by atoms with van der Waals surface area (Å²) in [6.07, 6.45) is 2.05. The van der Waals surface area contributed by atoms with Crippen LogP contribution in [0.3, 0.4) is 0 Å². The molecule has 0 bridgehead atoms. The number of nitrogens with one attached hydrogen (secondary N) is 1. The van der Waals surface area contributed by atoms with Crippen LogP contribution in [0, 0.1) is 0 Å². The monoisotopic (exact) mass is 254 g/mol. The fraction of sp³-hybridized carbons (Fsp3) is 0.294. The molecule has 19 heavy (non-hydrogen) atoms. The van der Waals surface area contributed by atoms with E-state index in [-0.39, 0.29) is 5.54 Å². The van der Waals surface area contributed by atoms with Crippen molar-refractivity contribution in [2.24, 2.45) is 5.73 Å². The Morgan fingerprint density at radius 2 is 1.53 bits per heavy atom. The van der Waals surface area contributed by atoms with Gasteiger partial charge in [0.1, 0.15) is 0 Å². The van der Waals surface area contributed by atoms with Crippen molar-refractivity contribution in [2.75, 3.05) is 11.9 Å². The van der Waals surface area contributed by atoms with Crippen molar-refractivity contribution < 1.29 is 0 Å². The van der Waals surface area contributed by atoms with Gasteiger partial charge >= 0.3 is 0 Å². The van der Waals surface area contributed by atoms with Gasteiger partial charge in [0.05, 0.1) is 0 Å². The second-order valence-corrected chi connectivity index (χ2v) is 5.24. The van der Waals surface area contributed by atoms with Crippen LogP contribution in [0.2, 0.25) is 0 Å². The van der Waals surface area contributed by atoms with Gasteiger partial charge in [-0.1, -0.05) is 48.5 Å². The molecule has 0 aliphatic carbocycles. The smallest absolute Gasteiger partial charge is 0.0470 e. The van der Waals surface area contributed by atoms with Crippen molar-refractivity contribution in [2.45, 2.75) is 25.3 Å². The molecule has 0 heterocycles. The van der Waals surface area contributed by atoms with Gasteiger partial charge < -0.3 is 11.1 Å². The SMILES string of the molecule is CC(CN)(CCc1ccccc1)Nc1ccccc1. The maximum atomic E-state index is 5.96. The molecule has 1 atom stereocenters. The van der Waals surface area contributed by atoms with Crippen molar-refractivity contribution in [3.63, 3.8) is 0 Å². The molecule has 100 valence electrons. The minimum Gasteiger partial charge on any atom is -0.379 e. The standard InChI is InChI=1S/C17H22N2/c1-17(14-18,19-16-10-6-3-7-11-16)13-12-15-8-4-2-5-9-15/h2-11,19H,12-14,18H2,1H3. The number of para-hydroxylation sites is 1. The average molecular weight is 254 g/mol. The van der Waals surface area contributed by atoms with E-state index in [1.807, 2.05) is 24.3 Å². The lowest BCUT2D eigenvalue weighted by atomic mass is 9.93. The van der Waals surface area contributed by atoms with Gasteiger partial charge in [0.2, 0.25) is 0 Å². The molecular weight excluding hydrogens is 232 g/mol. The summed E-state index contributed by atoms with van der Waals surface area (Å²) in [4.78, 5) is 0. The molecule has 0 radical (unpaired) electrons. The summed E-state index contributed by atoms with van der Waals surface area (Å²) in [6.45, 7) is 2.80. The molecular formula is C17H22N2. The summed E-state index contributed by atoms with van der Waals surface area (Å²) in [6, 6.07) is 20.8. The zero-order chi connectivity index (χ0) is 13.6. The van der Waals surface area contributed by atoms with E-state index in [0.29, 0.717) is 6.54 Å². The Kier molecular flexibility index (Phi) is 4.58. The maximum Gasteiger partial charge on any atom is 0.0470 e. The van der Waals surface area contributed by atoms with Crippen LogP contribution < -0.4 is 11.1 Å². The largest absolute Gasteiger partial charge is 0.379 e. The Hall–Kier alpha value is -1.80. The first-order valence-corrected chi connectivity index (χ1v) is 6.79. The Labute approximate surface area is 115 Å². The normalized spacial score (nSPS) is 13.8. The topological polar surface area (TPSA) is 38.0 Å². The lowest BCUT2D eigenvalue weighted by molar-refractivity contribution is 0.483. The Bertz CT molecular complexity index is 481. The molecule has 0 amide bonds. The van der Waals surface area contributed by atoms with E-state index in [9.17, 15) is 0 Å². The maximum absolute atomic E-state index is 5.96. The van der Waals surface area contributed by atoms with Gasteiger partial charge in [-0.05, 0) is 37.5 Å². The first kappa shape index (κ1) is 13.6. The predicted molar refractivity (Wildman–Crippen MR) is 82.3 cm³/mol. The molecule has 0 fully saturated rings. The lowest BCUT2D eigenvalue weighted by Gasteiger charge is -2.31. The molecule has 0 spiro atoms. The van der Waals surface area contributed by atoms with E-state index in [4.69, 9.17) is 5.73 Å². The van der Waals surface area contributed by atoms with Crippen molar-refractivity contribution in [3.8, 4) is 0 Å². The molecule has 0 aromatic heterocycles.